The first-order valence-electron chi connectivity index (χ1n) is 14.0. The van der Waals surface area contributed by atoms with Crippen molar-refractivity contribution in [3.8, 4) is 0 Å². The highest BCUT2D eigenvalue weighted by atomic mass is 32.2. The second kappa shape index (κ2) is 9.86. The lowest BCUT2D eigenvalue weighted by molar-refractivity contribution is -0.165. The number of halogens is 1. The minimum absolute atomic E-state index is 0.126. The zero-order valence-electron chi connectivity index (χ0n) is 25.6. The minimum Gasteiger partial charge on any atom is -0.459 e. The summed E-state index contributed by atoms with van der Waals surface area (Å²) >= 11 is 0. The van der Waals surface area contributed by atoms with Gasteiger partial charge in [0.1, 0.15) is 16.8 Å². The predicted octanol–water partition coefficient (Wildman–Crippen LogP) is 6.97. The van der Waals surface area contributed by atoms with Crippen molar-refractivity contribution in [1.29, 1.82) is 0 Å². The average Bonchev–Trinajstić information content (AvgIpc) is 3.31. The number of fused-ring (bicyclic) bond motifs is 1. The minimum atomic E-state index is -4.00. The SMILES string of the molecule is Cc1ccc(S(=O)(=O)N2CC3=C[Si]([Si](C)(C)C)([Si](C)(C)C)C[C@]3(C(=O)OC(C)(C)C)[C@@H]2c2ccc(F)cc2)cc1. The number of carbonyl (C=O) groups is 1. The Hall–Kier alpha value is -1.86. The molecule has 0 bridgehead atoms. The van der Waals surface area contributed by atoms with Crippen LogP contribution in [0.5, 0.6) is 0 Å². The van der Waals surface area contributed by atoms with Crippen molar-refractivity contribution in [2.24, 2.45) is 5.41 Å². The molecule has 1 saturated heterocycles. The fourth-order valence-electron chi connectivity index (χ4n) is 6.93. The molecular formula is C30H44FNO4SSi3. The molecule has 0 saturated carbocycles. The molecule has 2 aliphatic heterocycles. The monoisotopic (exact) mass is 617 g/mol. The topological polar surface area (TPSA) is 63.7 Å². The van der Waals surface area contributed by atoms with Gasteiger partial charge in [-0.1, -0.05) is 74.8 Å². The maximum absolute atomic E-state index is 14.6. The summed E-state index contributed by atoms with van der Waals surface area (Å²) in [6, 6.07) is 12.6. The molecule has 5 nitrogen and oxygen atoms in total. The maximum atomic E-state index is 14.6. The van der Waals surface area contributed by atoms with Crippen LogP contribution >= 0.6 is 0 Å². The Balaban J connectivity index is 2.05. The summed E-state index contributed by atoms with van der Waals surface area (Å²) in [6.07, 6.45) is 0. The average molecular weight is 618 g/mol. The highest BCUT2D eigenvalue weighted by molar-refractivity contribution is 7.89. The van der Waals surface area contributed by atoms with Crippen molar-refractivity contribution >= 4 is 38.3 Å². The van der Waals surface area contributed by atoms with Crippen LogP contribution in [0.4, 0.5) is 4.39 Å². The number of nitrogens with zero attached hydrogens (tertiary/aromatic N) is 1. The molecule has 2 aliphatic rings. The van der Waals surface area contributed by atoms with E-state index in [1.807, 2.05) is 27.7 Å². The predicted molar refractivity (Wildman–Crippen MR) is 168 cm³/mol. The van der Waals surface area contributed by atoms with E-state index in [2.05, 4.69) is 45.0 Å². The number of hydrogen-bond donors (Lipinski definition) is 0. The Morgan fingerprint density at radius 2 is 1.50 bits per heavy atom. The van der Waals surface area contributed by atoms with Crippen LogP contribution in [0.1, 0.15) is 37.9 Å². The molecule has 40 heavy (non-hydrogen) atoms. The smallest absolute Gasteiger partial charge is 0.318 e. The first-order valence-corrected chi connectivity index (χ1v) is 26.7. The number of esters is 1. The molecule has 218 valence electrons. The van der Waals surface area contributed by atoms with Gasteiger partial charge in [0.05, 0.1) is 18.0 Å². The third-order valence-electron chi connectivity index (χ3n) is 8.89. The molecule has 1 fully saturated rings. The van der Waals surface area contributed by atoms with Crippen LogP contribution in [0.2, 0.25) is 45.3 Å². The molecule has 4 rings (SSSR count). The fraction of sp³-hybridized carbons (Fsp3) is 0.500. The van der Waals surface area contributed by atoms with E-state index >= 15 is 0 Å². The van der Waals surface area contributed by atoms with E-state index in [0.29, 0.717) is 11.6 Å². The quantitative estimate of drug-likeness (QED) is 0.260. The van der Waals surface area contributed by atoms with E-state index in [-0.39, 0.29) is 17.4 Å². The second-order valence-electron chi connectivity index (χ2n) is 14.6. The summed E-state index contributed by atoms with van der Waals surface area (Å²) in [5.41, 5.74) is 2.98. The van der Waals surface area contributed by atoms with Crippen molar-refractivity contribution in [3.63, 3.8) is 0 Å². The Bertz CT molecular complexity index is 1420. The van der Waals surface area contributed by atoms with E-state index in [4.69, 9.17) is 4.74 Å². The van der Waals surface area contributed by atoms with E-state index in [9.17, 15) is 17.6 Å². The zero-order valence-corrected chi connectivity index (χ0v) is 29.4. The van der Waals surface area contributed by atoms with Crippen molar-refractivity contribution in [3.05, 3.63) is 76.7 Å². The number of aryl methyl sites for hydroxylation is 1. The molecule has 0 aromatic heterocycles. The first-order chi connectivity index (χ1) is 18.2. The van der Waals surface area contributed by atoms with E-state index in [1.54, 1.807) is 36.4 Å². The summed E-state index contributed by atoms with van der Waals surface area (Å²) in [5, 5.41) is 0. The van der Waals surface area contributed by atoms with Crippen molar-refractivity contribution < 1.29 is 22.3 Å². The summed E-state index contributed by atoms with van der Waals surface area (Å²) in [7, 11) is -9.82. The standard InChI is InChI=1S/C30H44FNO4SSi3/c1-22-11-17-26(18-12-22)37(34,35)32-19-24-20-40(38(5,6)7,39(8,9)10)21-30(24,28(33)36-29(2,3)4)27(32)23-13-15-25(31)16-14-23/h11-18,20,27H,19,21H2,1-10H3/t27-,30+/m0/s1. The molecule has 0 spiro atoms. The molecule has 2 aromatic rings. The van der Waals surface area contributed by atoms with Gasteiger partial charge < -0.3 is 4.74 Å². The molecular weight excluding hydrogens is 574 g/mol. The van der Waals surface area contributed by atoms with E-state index in [0.717, 1.165) is 11.1 Å². The lowest BCUT2D eigenvalue weighted by Crippen LogP contribution is -2.71. The van der Waals surface area contributed by atoms with E-state index in [1.165, 1.54) is 16.4 Å². The van der Waals surface area contributed by atoms with Crippen LogP contribution in [-0.2, 0) is 19.6 Å². The molecule has 0 amide bonds. The van der Waals surface area contributed by atoms with Crippen LogP contribution in [0.15, 0.2) is 64.7 Å². The largest absolute Gasteiger partial charge is 0.459 e. The number of hydrogen-bond acceptors (Lipinski definition) is 4. The molecule has 0 N–H and O–H groups in total. The van der Waals surface area contributed by atoms with Crippen LogP contribution in [0, 0.1) is 18.2 Å². The Kier molecular flexibility index (Phi) is 7.66. The van der Waals surface area contributed by atoms with Gasteiger partial charge >= 0.3 is 5.97 Å². The number of benzene rings is 2. The second-order valence-corrected chi connectivity index (χ2v) is 43.9. The normalized spacial score (nSPS) is 23.6. The van der Waals surface area contributed by atoms with Crippen LogP contribution in [0.3, 0.4) is 0 Å². The van der Waals surface area contributed by atoms with Gasteiger partial charge in [0.25, 0.3) is 0 Å². The molecule has 0 radical (unpaired) electrons. The Morgan fingerprint density at radius 3 is 1.98 bits per heavy atom. The number of rotatable bonds is 6. The molecule has 10 heteroatoms. The lowest BCUT2D eigenvalue weighted by atomic mass is 9.76. The van der Waals surface area contributed by atoms with Gasteiger partial charge in [-0.05, 0) is 69.1 Å². The van der Waals surface area contributed by atoms with Crippen molar-refractivity contribution in [1.82, 2.24) is 4.31 Å². The number of carbonyl (C=O) groups excluding carboxylic acids is 1. The molecule has 2 aromatic carbocycles. The zero-order chi connectivity index (χ0) is 30.1. The number of sulfonamides is 1. The van der Waals surface area contributed by atoms with Gasteiger partial charge in [-0.2, -0.15) is 4.31 Å². The highest BCUT2D eigenvalue weighted by Crippen LogP contribution is 2.63. The van der Waals surface area contributed by atoms with Crippen molar-refractivity contribution in [2.45, 2.75) is 89.6 Å². The van der Waals surface area contributed by atoms with Gasteiger partial charge in [0, 0.05) is 21.7 Å². The lowest BCUT2D eigenvalue weighted by Gasteiger charge is -2.49. The first kappa shape index (κ1) is 31.1. The van der Waals surface area contributed by atoms with Gasteiger partial charge in [0.15, 0.2) is 0 Å². The van der Waals surface area contributed by atoms with Crippen LogP contribution in [0.25, 0.3) is 0 Å². The highest BCUT2D eigenvalue weighted by Gasteiger charge is 2.71. The summed E-state index contributed by atoms with van der Waals surface area (Å²) < 4.78 is 50.5. The molecule has 0 unspecified atom stereocenters. The van der Waals surface area contributed by atoms with Gasteiger partial charge in [0.2, 0.25) is 10.0 Å². The van der Waals surface area contributed by atoms with Gasteiger partial charge in [-0.25, -0.2) is 12.8 Å². The summed E-state index contributed by atoms with van der Waals surface area (Å²) in [6.45, 7) is 22.0. The molecule has 2 atom stereocenters. The Morgan fingerprint density at radius 1 is 0.975 bits per heavy atom. The third kappa shape index (κ3) is 5.04. The third-order valence-corrected chi connectivity index (χ3v) is 49.5. The van der Waals surface area contributed by atoms with Crippen molar-refractivity contribution in [2.75, 3.05) is 6.54 Å². The van der Waals surface area contributed by atoms with E-state index < -0.39 is 55.2 Å². The van der Waals surface area contributed by atoms with Gasteiger partial charge in [-0.15, -0.1) is 0 Å². The van der Waals surface area contributed by atoms with Gasteiger partial charge in [-0.3, -0.25) is 4.79 Å². The fourth-order valence-corrected chi connectivity index (χ4v) is 50.7. The molecule has 2 heterocycles. The summed E-state index contributed by atoms with van der Waals surface area (Å²) in [4.78, 5) is 14.8. The summed E-state index contributed by atoms with van der Waals surface area (Å²) in [5.74, 6) is -0.774. The molecule has 0 aliphatic carbocycles. The van der Waals surface area contributed by atoms with Crippen LogP contribution in [-0.4, -0.2) is 53.1 Å². The number of ether oxygens (including phenoxy) is 1. The maximum Gasteiger partial charge on any atom is 0.318 e. The van der Waals surface area contributed by atoms with Crippen LogP contribution < -0.4 is 0 Å². The Labute approximate surface area is 242 Å².